The number of nitrogens with zero attached hydrogens (tertiary/aromatic N) is 1. The number of aldehydes is 1. The van der Waals surface area contributed by atoms with Gasteiger partial charge in [-0.2, -0.15) is 0 Å². The summed E-state index contributed by atoms with van der Waals surface area (Å²) in [6.45, 7) is 1.00. The second-order valence-corrected chi connectivity index (χ2v) is 6.46. The van der Waals surface area contributed by atoms with Crippen LogP contribution in [0, 0.1) is 5.92 Å². The van der Waals surface area contributed by atoms with E-state index in [0.717, 1.165) is 28.2 Å². The first-order valence-corrected chi connectivity index (χ1v) is 6.62. The molecule has 1 fully saturated rings. The van der Waals surface area contributed by atoms with Crippen molar-refractivity contribution in [2.24, 2.45) is 5.92 Å². The predicted molar refractivity (Wildman–Crippen MR) is 65.6 cm³/mol. The van der Waals surface area contributed by atoms with Crippen LogP contribution in [-0.2, 0) is 6.54 Å². The molecule has 0 spiro atoms. The normalized spacial score (nSPS) is 16.1. The number of halogens is 1. The minimum absolute atomic E-state index is 0.792. The number of thiophene rings is 1. The molecule has 2 heterocycles. The molecule has 0 aliphatic heterocycles. The van der Waals surface area contributed by atoms with Crippen LogP contribution in [0.5, 0.6) is 0 Å². The highest BCUT2D eigenvalue weighted by molar-refractivity contribution is 9.11. The second kappa shape index (κ2) is 3.46. The maximum atomic E-state index is 11.0. The van der Waals surface area contributed by atoms with E-state index in [0.29, 0.717) is 0 Å². The molecular formula is C11H10BrNOS. The Hall–Kier alpha value is -0.610. The average Bonchev–Trinajstić information content (AvgIpc) is 2.87. The van der Waals surface area contributed by atoms with Gasteiger partial charge in [-0.1, -0.05) is 0 Å². The van der Waals surface area contributed by atoms with E-state index in [1.165, 1.54) is 23.1 Å². The van der Waals surface area contributed by atoms with E-state index in [1.807, 2.05) is 6.07 Å². The van der Waals surface area contributed by atoms with Crippen molar-refractivity contribution < 1.29 is 4.79 Å². The van der Waals surface area contributed by atoms with Gasteiger partial charge in [0.1, 0.15) is 4.83 Å². The standard InChI is InChI=1S/C11H10BrNOS/c12-10-4-8-3-9(6-14)13(11(8)15-10)5-7-1-2-7/h3-4,6-7H,1-2,5H2. The number of carbonyl (C=O) groups excluding carboxylic acids is 1. The Morgan fingerprint density at radius 1 is 1.53 bits per heavy atom. The fourth-order valence-corrected chi connectivity index (χ4v) is 3.48. The summed E-state index contributed by atoms with van der Waals surface area (Å²) in [5.41, 5.74) is 0.815. The zero-order valence-corrected chi connectivity index (χ0v) is 10.5. The van der Waals surface area contributed by atoms with Crippen molar-refractivity contribution in [3.63, 3.8) is 0 Å². The van der Waals surface area contributed by atoms with E-state index in [-0.39, 0.29) is 0 Å². The summed E-state index contributed by atoms with van der Waals surface area (Å²) in [5, 5.41) is 1.18. The van der Waals surface area contributed by atoms with Crippen LogP contribution in [0.15, 0.2) is 15.9 Å². The van der Waals surface area contributed by atoms with Crippen LogP contribution in [0.1, 0.15) is 23.3 Å². The summed E-state index contributed by atoms with van der Waals surface area (Å²) >= 11 is 5.19. The summed E-state index contributed by atoms with van der Waals surface area (Å²) in [4.78, 5) is 12.2. The maximum Gasteiger partial charge on any atom is 0.166 e. The van der Waals surface area contributed by atoms with Gasteiger partial charge in [0, 0.05) is 11.9 Å². The van der Waals surface area contributed by atoms with E-state index >= 15 is 0 Å². The second-order valence-electron chi connectivity index (χ2n) is 4.05. The van der Waals surface area contributed by atoms with Gasteiger partial charge in [-0.25, -0.2) is 0 Å². The van der Waals surface area contributed by atoms with E-state index in [4.69, 9.17) is 0 Å². The molecule has 2 aromatic rings. The first kappa shape index (κ1) is 9.60. The molecule has 1 saturated carbocycles. The van der Waals surface area contributed by atoms with Gasteiger partial charge >= 0.3 is 0 Å². The minimum atomic E-state index is 0.792. The van der Waals surface area contributed by atoms with Gasteiger partial charge in [0.05, 0.1) is 9.48 Å². The molecule has 0 amide bonds. The lowest BCUT2D eigenvalue weighted by Crippen LogP contribution is -2.02. The number of aromatic nitrogens is 1. The van der Waals surface area contributed by atoms with Crippen LogP contribution in [0.2, 0.25) is 0 Å². The number of rotatable bonds is 3. The maximum absolute atomic E-state index is 11.0. The van der Waals surface area contributed by atoms with Crippen molar-refractivity contribution >= 4 is 43.8 Å². The van der Waals surface area contributed by atoms with Crippen LogP contribution in [0.25, 0.3) is 10.2 Å². The molecule has 0 atom stereocenters. The fraction of sp³-hybridized carbons (Fsp3) is 0.364. The molecule has 1 aliphatic carbocycles. The molecule has 2 nitrogen and oxygen atoms in total. The molecule has 0 unspecified atom stereocenters. The summed E-state index contributed by atoms with van der Waals surface area (Å²) in [6, 6.07) is 4.06. The molecular weight excluding hydrogens is 274 g/mol. The molecule has 2 aromatic heterocycles. The summed E-state index contributed by atoms with van der Waals surface area (Å²) in [5.74, 6) is 0.792. The Kier molecular flexibility index (Phi) is 2.21. The Bertz CT molecular complexity index is 524. The molecule has 3 rings (SSSR count). The molecule has 0 radical (unpaired) electrons. The van der Waals surface area contributed by atoms with Crippen LogP contribution in [0.3, 0.4) is 0 Å². The Morgan fingerprint density at radius 2 is 2.33 bits per heavy atom. The highest BCUT2D eigenvalue weighted by Gasteiger charge is 2.24. The summed E-state index contributed by atoms with van der Waals surface area (Å²) in [7, 11) is 0. The highest BCUT2D eigenvalue weighted by atomic mass is 79.9. The van der Waals surface area contributed by atoms with E-state index in [1.54, 1.807) is 11.3 Å². The minimum Gasteiger partial charge on any atom is -0.330 e. The number of carbonyl (C=O) groups is 1. The zero-order valence-electron chi connectivity index (χ0n) is 8.07. The van der Waals surface area contributed by atoms with Crippen LogP contribution >= 0.6 is 27.3 Å². The van der Waals surface area contributed by atoms with Gasteiger partial charge in [0.2, 0.25) is 0 Å². The lowest BCUT2D eigenvalue weighted by molar-refractivity contribution is 0.111. The van der Waals surface area contributed by atoms with Crippen LogP contribution in [-0.4, -0.2) is 10.9 Å². The third-order valence-corrected chi connectivity index (χ3v) is 4.51. The van der Waals surface area contributed by atoms with Crippen molar-refractivity contribution in [1.29, 1.82) is 0 Å². The SMILES string of the molecule is O=Cc1cc2cc(Br)sc2n1CC1CC1. The van der Waals surface area contributed by atoms with Gasteiger partial charge in [0.25, 0.3) is 0 Å². The number of fused-ring (bicyclic) bond motifs is 1. The highest BCUT2D eigenvalue weighted by Crippen LogP contribution is 2.36. The molecule has 0 N–H and O–H groups in total. The van der Waals surface area contributed by atoms with Gasteiger partial charge < -0.3 is 4.57 Å². The van der Waals surface area contributed by atoms with Crippen molar-refractivity contribution in [3.05, 3.63) is 21.6 Å². The zero-order chi connectivity index (χ0) is 10.4. The van der Waals surface area contributed by atoms with E-state index < -0.39 is 0 Å². The van der Waals surface area contributed by atoms with Crippen molar-refractivity contribution in [2.45, 2.75) is 19.4 Å². The quantitative estimate of drug-likeness (QED) is 0.788. The number of hydrogen-bond acceptors (Lipinski definition) is 2. The van der Waals surface area contributed by atoms with Gasteiger partial charge in [-0.3, -0.25) is 4.79 Å². The van der Waals surface area contributed by atoms with Gasteiger partial charge in [-0.15, -0.1) is 11.3 Å². The Labute approximate surface area is 100 Å². The van der Waals surface area contributed by atoms with Crippen LogP contribution in [0.4, 0.5) is 0 Å². The molecule has 0 saturated heterocycles. The molecule has 15 heavy (non-hydrogen) atoms. The topological polar surface area (TPSA) is 22.0 Å². The molecule has 4 heteroatoms. The fourth-order valence-electron chi connectivity index (χ4n) is 1.88. The van der Waals surface area contributed by atoms with Gasteiger partial charge in [0.15, 0.2) is 6.29 Å². The van der Waals surface area contributed by atoms with Crippen LogP contribution < -0.4 is 0 Å². The van der Waals surface area contributed by atoms with E-state index in [9.17, 15) is 4.79 Å². The third-order valence-electron chi connectivity index (χ3n) is 2.83. The van der Waals surface area contributed by atoms with Crippen molar-refractivity contribution in [2.75, 3.05) is 0 Å². The lowest BCUT2D eigenvalue weighted by Gasteiger charge is -2.03. The molecule has 0 bridgehead atoms. The monoisotopic (exact) mass is 283 g/mol. The molecule has 1 aliphatic rings. The summed E-state index contributed by atoms with van der Waals surface area (Å²) < 4.78 is 3.30. The Morgan fingerprint density at radius 3 is 3.00 bits per heavy atom. The average molecular weight is 284 g/mol. The smallest absolute Gasteiger partial charge is 0.166 e. The van der Waals surface area contributed by atoms with Crippen molar-refractivity contribution in [1.82, 2.24) is 4.57 Å². The predicted octanol–water partition coefficient (Wildman–Crippen LogP) is 3.69. The van der Waals surface area contributed by atoms with E-state index in [2.05, 4.69) is 26.6 Å². The largest absolute Gasteiger partial charge is 0.330 e. The first-order valence-electron chi connectivity index (χ1n) is 5.01. The lowest BCUT2D eigenvalue weighted by atomic mass is 10.4. The van der Waals surface area contributed by atoms with Crippen molar-refractivity contribution in [3.8, 4) is 0 Å². The first-order chi connectivity index (χ1) is 7.28. The van der Waals surface area contributed by atoms with Gasteiger partial charge in [-0.05, 0) is 46.8 Å². The summed E-state index contributed by atoms with van der Waals surface area (Å²) in [6.07, 6.45) is 3.58. The molecule has 0 aromatic carbocycles. The molecule has 78 valence electrons. The third kappa shape index (κ3) is 1.66. The number of hydrogen-bond donors (Lipinski definition) is 0. The Balaban J connectivity index is 2.14.